The molecule has 1 unspecified atom stereocenters. The molecule has 1 fully saturated rings. The van der Waals surface area contributed by atoms with Crippen LogP contribution in [0.25, 0.3) is 0 Å². The molecule has 0 aliphatic carbocycles. The van der Waals surface area contributed by atoms with Crippen LogP contribution >= 0.6 is 0 Å². The number of rotatable bonds is 4. The fourth-order valence-electron chi connectivity index (χ4n) is 2.93. The first kappa shape index (κ1) is 17.2. The Morgan fingerprint density at radius 1 is 1.19 bits per heavy atom. The number of aromatic nitrogens is 3. The maximum atomic E-state index is 12.6. The number of anilines is 3. The first-order chi connectivity index (χ1) is 13.3. The molecule has 2 aromatic heterocycles. The number of amidine groups is 1. The lowest BCUT2D eigenvalue weighted by Crippen LogP contribution is -2.44. The van der Waals surface area contributed by atoms with Crippen molar-refractivity contribution in [2.24, 2.45) is 4.99 Å². The van der Waals surface area contributed by atoms with Crippen molar-refractivity contribution >= 4 is 29.1 Å². The van der Waals surface area contributed by atoms with Crippen molar-refractivity contribution in [2.45, 2.75) is 6.10 Å². The SMILES string of the molecule is O=C(Nc1cnccc1N1CCNCC1)C1CN=C(Nc2cnccn2)O1. The fourth-order valence-corrected chi connectivity index (χ4v) is 2.93. The van der Waals surface area contributed by atoms with Gasteiger partial charge in [-0.1, -0.05) is 0 Å². The summed E-state index contributed by atoms with van der Waals surface area (Å²) in [6, 6.07) is 2.16. The smallest absolute Gasteiger partial charge is 0.291 e. The van der Waals surface area contributed by atoms with Crippen LogP contribution in [0.3, 0.4) is 0 Å². The summed E-state index contributed by atoms with van der Waals surface area (Å²) in [5, 5.41) is 9.13. The molecular weight excluding hydrogens is 348 g/mol. The van der Waals surface area contributed by atoms with E-state index in [1.165, 1.54) is 0 Å². The molecule has 0 bridgehead atoms. The molecule has 10 heteroatoms. The van der Waals surface area contributed by atoms with Gasteiger partial charge in [-0.3, -0.25) is 20.1 Å². The van der Waals surface area contributed by atoms with Gasteiger partial charge < -0.3 is 20.3 Å². The van der Waals surface area contributed by atoms with E-state index < -0.39 is 6.10 Å². The molecule has 2 aliphatic rings. The number of hydrogen-bond donors (Lipinski definition) is 3. The monoisotopic (exact) mass is 368 g/mol. The fraction of sp³-hybridized carbons (Fsp3) is 0.353. The summed E-state index contributed by atoms with van der Waals surface area (Å²) in [7, 11) is 0. The largest absolute Gasteiger partial charge is 0.450 e. The van der Waals surface area contributed by atoms with Crippen molar-refractivity contribution in [3.63, 3.8) is 0 Å². The number of hydrogen-bond acceptors (Lipinski definition) is 9. The molecule has 10 nitrogen and oxygen atoms in total. The number of carbonyl (C=O) groups is 1. The number of nitrogens with zero attached hydrogens (tertiary/aromatic N) is 5. The zero-order valence-electron chi connectivity index (χ0n) is 14.6. The van der Waals surface area contributed by atoms with E-state index in [9.17, 15) is 4.79 Å². The van der Waals surface area contributed by atoms with Gasteiger partial charge in [-0.2, -0.15) is 0 Å². The van der Waals surface area contributed by atoms with Gasteiger partial charge in [0.25, 0.3) is 11.9 Å². The van der Waals surface area contributed by atoms with Crippen LogP contribution in [0.2, 0.25) is 0 Å². The van der Waals surface area contributed by atoms with Gasteiger partial charge in [-0.15, -0.1) is 0 Å². The third kappa shape index (κ3) is 4.11. The Bertz CT molecular complexity index is 823. The highest BCUT2D eigenvalue weighted by Crippen LogP contribution is 2.25. The van der Waals surface area contributed by atoms with Crippen LogP contribution < -0.4 is 20.9 Å². The molecule has 140 valence electrons. The van der Waals surface area contributed by atoms with E-state index in [1.54, 1.807) is 31.0 Å². The van der Waals surface area contributed by atoms with Crippen LogP contribution in [0.5, 0.6) is 0 Å². The van der Waals surface area contributed by atoms with Crippen molar-refractivity contribution < 1.29 is 9.53 Å². The van der Waals surface area contributed by atoms with E-state index in [2.05, 4.69) is 40.8 Å². The molecule has 27 heavy (non-hydrogen) atoms. The van der Waals surface area contributed by atoms with Crippen LogP contribution in [-0.2, 0) is 9.53 Å². The second-order valence-electron chi connectivity index (χ2n) is 6.09. The first-order valence-electron chi connectivity index (χ1n) is 8.74. The summed E-state index contributed by atoms with van der Waals surface area (Å²) in [5.74, 6) is 0.240. The molecule has 4 rings (SSSR count). The molecule has 1 amide bonds. The first-order valence-corrected chi connectivity index (χ1v) is 8.74. The second-order valence-corrected chi connectivity index (χ2v) is 6.09. The van der Waals surface area contributed by atoms with Crippen LogP contribution in [-0.4, -0.2) is 65.7 Å². The van der Waals surface area contributed by atoms with Gasteiger partial charge in [-0.25, -0.2) is 9.98 Å². The molecule has 1 atom stereocenters. The lowest BCUT2D eigenvalue weighted by atomic mass is 10.2. The highest BCUT2D eigenvalue weighted by Gasteiger charge is 2.28. The highest BCUT2D eigenvalue weighted by molar-refractivity contribution is 6.00. The van der Waals surface area contributed by atoms with E-state index in [1.807, 2.05) is 6.07 Å². The minimum absolute atomic E-state index is 0.234. The summed E-state index contributed by atoms with van der Waals surface area (Å²) < 4.78 is 5.60. The average molecular weight is 368 g/mol. The minimum atomic E-state index is -0.708. The van der Waals surface area contributed by atoms with E-state index in [-0.39, 0.29) is 18.5 Å². The lowest BCUT2D eigenvalue weighted by molar-refractivity contribution is -0.122. The molecule has 4 heterocycles. The standard InChI is InChI=1S/C17H20N8O2/c26-16(14-10-22-17(27-14)24-15-11-20-3-4-21-15)23-12-9-19-2-1-13(12)25-7-5-18-6-8-25/h1-4,9,11,14,18H,5-8,10H2,(H,23,26)(H,21,22,24). The van der Waals surface area contributed by atoms with Gasteiger partial charge in [0, 0.05) is 44.8 Å². The van der Waals surface area contributed by atoms with Crippen molar-refractivity contribution in [1.82, 2.24) is 20.3 Å². The predicted molar refractivity (Wildman–Crippen MR) is 101 cm³/mol. The Balaban J connectivity index is 1.38. The Morgan fingerprint density at radius 2 is 2.04 bits per heavy atom. The lowest BCUT2D eigenvalue weighted by Gasteiger charge is -2.31. The van der Waals surface area contributed by atoms with E-state index in [4.69, 9.17) is 4.74 Å². The number of carbonyl (C=O) groups excluding carboxylic acids is 1. The van der Waals surface area contributed by atoms with Crippen LogP contribution in [0.1, 0.15) is 0 Å². The van der Waals surface area contributed by atoms with Crippen LogP contribution in [0, 0.1) is 0 Å². The Kier molecular flexibility index (Phi) is 5.06. The summed E-state index contributed by atoms with van der Waals surface area (Å²) >= 11 is 0. The number of ether oxygens (including phenoxy) is 1. The van der Waals surface area contributed by atoms with Crippen molar-refractivity contribution in [1.29, 1.82) is 0 Å². The number of piperazine rings is 1. The molecule has 1 saturated heterocycles. The average Bonchev–Trinajstić information content (AvgIpc) is 3.18. The minimum Gasteiger partial charge on any atom is -0.450 e. The molecular formula is C17H20N8O2. The molecule has 0 saturated carbocycles. The van der Waals surface area contributed by atoms with E-state index in [0.717, 1.165) is 31.9 Å². The summed E-state index contributed by atoms with van der Waals surface area (Å²) in [4.78, 5) is 31.2. The topological polar surface area (TPSA) is 117 Å². The molecule has 2 aromatic rings. The summed E-state index contributed by atoms with van der Waals surface area (Å²) in [6.07, 6.45) is 7.36. The van der Waals surface area contributed by atoms with E-state index in [0.29, 0.717) is 11.5 Å². The number of pyridine rings is 1. The molecule has 2 aliphatic heterocycles. The summed E-state index contributed by atoms with van der Waals surface area (Å²) in [6.45, 7) is 3.81. The van der Waals surface area contributed by atoms with Gasteiger partial charge in [-0.05, 0) is 6.07 Å². The summed E-state index contributed by atoms with van der Waals surface area (Å²) in [5.41, 5.74) is 1.63. The Labute approximate surface area is 156 Å². The molecule has 0 aromatic carbocycles. The number of nitrogens with one attached hydrogen (secondary N) is 3. The van der Waals surface area contributed by atoms with Gasteiger partial charge in [0.15, 0.2) is 11.9 Å². The van der Waals surface area contributed by atoms with Crippen molar-refractivity contribution in [2.75, 3.05) is 48.3 Å². The maximum absolute atomic E-state index is 12.6. The van der Waals surface area contributed by atoms with Gasteiger partial charge >= 0.3 is 0 Å². The highest BCUT2D eigenvalue weighted by atomic mass is 16.5. The Hall–Kier alpha value is -3.27. The quantitative estimate of drug-likeness (QED) is 0.695. The third-order valence-electron chi connectivity index (χ3n) is 4.26. The number of aliphatic imine (C=N–C) groups is 1. The normalized spacial score (nSPS) is 19.2. The molecule has 0 spiro atoms. The van der Waals surface area contributed by atoms with Crippen LogP contribution in [0.4, 0.5) is 17.2 Å². The maximum Gasteiger partial charge on any atom is 0.291 e. The molecule has 0 radical (unpaired) electrons. The van der Waals surface area contributed by atoms with Crippen molar-refractivity contribution in [3.8, 4) is 0 Å². The van der Waals surface area contributed by atoms with Crippen LogP contribution in [0.15, 0.2) is 42.0 Å². The zero-order valence-corrected chi connectivity index (χ0v) is 14.6. The zero-order chi connectivity index (χ0) is 18.5. The van der Waals surface area contributed by atoms with Gasteiger partial charge in [0.1, 0.15) is 0 Å². The molecule has 3 N–H and O–H groups in total. The van der Waals surface area contributed by atoms with Gasteiger partial charge in [0.05, 0.1) is 30.3 Å². The Morgan fingerprint density at radius 3 is 2.85 bits per heavy atom. The number of amides is 1. The third-order valence-corrected chi connectivity index (χ3v) is 4.26. The van der Waals surface area contributed by atoms with Gasteiger partial charge in [0.2, 0.25) is 0 Å². The van der Waals surface area contributed by atoms with E-state index >= 15 is 0 Å². The second kappa shape index (κ2) is 7.96. The van der Waals surface area contributed by atoms with Crippen molar-refractivity contribution in [3.05, 3.63) is 37.1 Å². The predicted octanol–water partition coefficient (Wildman–Crippen LogP) is 0.0866.